The first-order chi connectivity index (χ1) is 9.15. The Morgan fingerprint density at radius 2 is 2.26 bits per heavy atom. The van der Waals surface area contributed by atoms with E-state index in [4.69, 9.17) is 12.2 Å². The lowest BCUT2D eigenvalue weighted by molar-refractivity contribution is 0.621. The van der Waals surface area contributed by atoms with Gasteiger partial charge in [0.1, 0.15) is 5.82 Å². The minimum atomic E-state index is -0.272. The predicted molar refractivity (Wildman–Crippen MR) is 82.8 cm³/mol. The van der Waals surface area contributed by atoms with Gasteiger partial charge in [-0.2, -0.15) is 0 Å². The zero-order valence-electron chi connectivity index (χ0n) is 9.82. The van der Waals surface area contributed by atoms with E-state index in [1.165, 1.54) is 10.9 Å². The number of hydrogen-bond acceptors (Lipinski definition) is 2. The highest BCUT2D eigenvalue weighted by atomic mass is 79.9. The largest absolute Gasteiger partial charge is 0.331 e. The summed E-state index contributed by atoms with van der Waals surface area (Å²) in [5, 5.41) is 2.06. The summed E-state index contributed by atoms with van der Waals surface area (Å²) in [5.74, 6) is -0.272. The molecule has 0 saturated carbocycles. The molecule has 1 N–H and O–H groups in total. The van der Waals surface area contributed by atoms with Gasteiger partial charge in [-0.05, 0) is 52.1 Å². The Kier molecular flexibility index (Phi) is 3.56. The fourth-order valence-corrected chi connectivity index (χ4v) is 3.39. The number of benzene rings is 1. The Hall–Kier alpha value is -0.980. The molecule has 3 rings (SSSR count). The molecule has 6 heteroatoms. The summed E-state index contributed by atoms with van der Waals surface area (Å²) < 4.78 is 16.7. The third kappa shape index (κ3) is 2.52. The van der Waals surface area contributed by atoms with Crippen molar-refractivity contribution in [2.24, 2.45) is 0 Å². The van der Waals surface area contributed by atoms with Crippen LogP contribution >= 0.6 is 39.5 Å². The van der Waals surface area contributed by atoms with Crippen molar-refractivity contribution in [1.82, 2.24) is 9.55 Å². The number of halogens is 2. The Bertz CT molecular complexity index is 774. The molecule has 2 nitrogen and oxygen atoms in total. The SMILES string of the molecule is Fc1cc2c(cc1Br)[nH]c(=S)n2CCc1cccs1. The molecule has 0 saturated heterocycles. The number of rotatable bonds is 3. The topological polar surface area (TPSA) is 20.7 Å². The number of nitrogens with zero attached hydrogens (tertiary/aromatic N) is 1. The maximum Gasteiger partial charge on any atom is 0.178 e. The molecule has 0 aliphatic heterocycles. The first kappa shape index (κ1) is 13.0. The summed E-state index contributed by atoms with van der Waals surface area (Å²) in [6.07, 6.45) is 0.899. The molecule has 1 aromatic carbocycles. The van der Waals surface area contributed by atoms with Crippen molar-refractivity contribution in [3.05, 3.63) is 49.6 Å². The summed E-state index contributed by atoms with van der Waals surface area (Å²) in [4.78, 5) is 4.41. The average Bonchev–Trinajstić information content (AvgIpc) is 2.96. The first-order valence-corrected chi connectivity index (χ1v) is 7.83. The van der Waals surface area contributed by atoms with E-state index in [1.54, 1.807) is 17.4 Å². The van der Waals surface area contributed by atoms with Crippen LogP contribution in [0.15, 0.2) is 34.1 Å². The van der Waals surface area contributed by atoms with E-state index in [9.17, 15) is 4.39 Å². The number of H-pyrrole nitrogens is 1. The smallest absolute Gasteiger partial charge is 0.178 e. The van der Waals surface area contributed by atoms with Crippen LogP contribution in [0.25, 0.3) is 11.0 Å². The second-order valence-electron chi connectivity index (χ2n) is 4.19. The molecule has 0 amide bonds. The van der Waals surface area contributed by atoms with Crippen LogP contribution in [0, 0.1) is 10.6 Å². The van der Waals surface area contributed by atoms with Crippen molar-refractivity contribution in [1.29, 1.82) is 0 Å². The van der Waals surface area contributed by atoms with Crippen LogP contribution in [0.5, 0.6) is 0 Å². The van der Waals surface area contributed by atoms with Gasteiger partial charge in [-0.3, -0.25) is 0 Å². The van der Waals surface area contributed by atoms with Gasteiger partial charge in [-0.15, -0.1) is 11.3 Å². The lowest BCUT2D eigenvalue weighted by Crippen LogP contribution is -2.00. The van der Waals surface area contributed by atoms with Crippen molar-refractivity contribution in [3.63, 3.8) is 0 Å². The number of nitrogens with one attached hydrogen (secondary N) is 1. The van der Waals surface area contributed by atoms with Crippen LogP contribution in [0.4, 0.5) is 4.39 Å². The molecule has 0 unspecified atom stereocenters. The van der Waals surface area contributed by atoms with Gasteiger partial charge in [-0.1, -0.05) is 6.07 Å². The molecule has 0 bridgehead atoms. The quantitative estimate of drug-likeness (QED) is 0.661. The summed E-state index contributed by atoms with van der Waals surface area (Å²) in [6.45, 7) is 0.750. The fourth-order valence-electron chi connectivity index (χ4n) is 2.05. The summed E-state index contributed by atoms with van der Waals surface area (Å²) >= 11 is 10.2. The van der Waals surface area contributed by atoms with Crippen LogP contribution in [0.1, 0.15) is 4.88 Å². The number of thiophene rings is 1. The number of hydrogen-bond donors (Lipinski definition) is 1. The predicted octanol–water partition coefficient (Wildman–Crippen LogP) is 4.90. The normalized spacial score (nSPS) is 11.3. The first-order valence-electron chi connectivity index (χ1n) is 5.75. The number of imidazole rings is 1. The van der Waals surface area contributed by atoms with Gasteiger partial charge in [0.05, 0.1) is 15.5 Å². The maximum atomic E-state index is 13.6. The molecule has 0 aliphatic rings. The third-order valence-electron chi connectivity index (χ3n) is 2.98. The van der Waals surface area contributed by atoms with Gasteiger partial charge >= 0.3 is 0 Å². The zero-order valence-corrected chi connectivity index (χ0v) is 13.0. The number of aryl methyl sites for hydroxylation is 2. The van der Waals surface area contributed by atoms with E-state index in [1.807, 2.05) is 10.6 Å². The number of aromatic amines is 1. The van der Waals surface area contributed by atoms with Gasteiger partial charge in [0, 0.05) is 17.5 Å². The molecule has 0 spiro atoms. The lowest BCUT2D eigenvalue weighted by Gasteiger charge is -2.04. The summed E-state index contributed by atoms with van der Waals surface area (Å²) in [7, 11) is 0. The van der Waals surface area contributed by atoms with Crippen LogP contribution in [0.2, 0.25) is 0 Å². The monoisotopic (exact) mass is 356 g/mol. The van der Waals surface area contributed by atoms with E-state index in [0.717, 1.165) is 24.0 Å². The van der Waals surface area contributed by atoms with Crippen molar-refractivity contribution in [2.45, 2.75) is 13.0 Å². The molecule has 0 aliphatic carbocycles. The fraction of sp³-hybridized carbons (Fsp3) is 0.154. The Morgan fingerprint density at radius 1 is 1.42 bits per heavy atom. The van der Waals surface area contributed by atoms with Crippen molar-refractivity contribution in [2.75, 3.05) is 0 Å². The van der Waals surface area contributed by atoms with Crippen molar-refractivity contribution < 1.29 is 4.39 Å². The lowest BCUT2D eigenvalue weighted by atomic mass is 10.3. The molecule has 2 aromatic heterocycles. The second-order valence-corrected chi connectivity index (χ2v) is 6.47. The van der Waals surface area contributed by atoms with Crippen LogP contribution in [-0.2, 0) is 13.0 Å². The highest BCUT2D eigenvalue weighted by Gasteiger charge is 2.09. The van der Waals surface area contributed by atoms with E-state index in [2.05, 4.69) is 32.4 Å². The van der Waals surface area contributed by atoms with Gasteiger partial charge in [0.25, 0.3) is 0 Å². The molecule has 2 heterocycles. The summed E-state index contributed by atoms with van der Waals surface area (Å²) in [5.41, 5.74) is 1.66. The van der Waals surface area contributed by atoms with Gasteiger partial charge < -0.3 is 9.55 Å². The maximum absolute atomic E-state index is 13.6. The van der Waals surface area contributed by atoms with E-state index >= 15 is 0 Å². The minimum absolute atomic E-state index is 0.272. The van der Waals surface area contributed by atoms with E-state index in [0.29, 0.717) is 9.24 Å². The minimum Gasteiger partial charge on any atom is -0.331 e. The van der Waals surface area contributed by atoms with Crippen LogP contribution in [0.3, 0.4) is 0 Å². The van der Waals surface area contributed by atoms with Gasteiger partial charge in [0.15, 0.2) is 4.77 Å². The van der Waals surface area contributed by atoms with E-state index < -0.39 is 0 Å². The molecule has 19 heavy (non-hydrogen) atoms. The molecule has 98 valence electrons. The standard InChI is InChI=1S/C13H10BrFN2S2/c14-9-6-11-12(7-10(9)15)17(13(18)16-11)4-3-8-2-1-5-19-8/h1-2,5-7H,3-4H2,(H,16,18). The number of fused-ring (bicyclic) bond motifs is 1. The van der Waals surface area contributed by atoms with E-state index in [-0.39, 0.29) is 5.82 Å². The van der Waals surface area contributed by atoms with Crippen molar-refractivity contribution >= 4 is 50.5 Å². The highest BCUT2D eigenvalue weighted by Crippen LogP contribution is 2.23. The molecule has 3 aromatic rings. The average molecular weight is 357 g/mol. The Morgan fingerprint density at radius 3 is 3.00 bits per heavy atom. The molecule has 0 atom stereocenters. The van der Waals surface area contributed by atoms with Crippen LogP contribution < -0.4 is 0 Å². The van der Waals surface area contributed by atoms with Gasteiger partial charge in [0.2, 0.25) is 0 Å². The van der Waals surface area contributed by atoms with Crippen molar-refractivity contribution in [3.8, 4) is 0 Å². The Labute approximate surface area is 127 Å². The highest BCUT2D eigenvalue weighted by molar-refractivity contribution is 9.10. The zero-order chi connectivity index (χ0) is 13.4. The molecular weight excluding hydrogens is 347 g/mol. The van der Waals surface area contributed by atoms with Crippen LogP contribution in [-0.4, -0.2) is 9.55 Å². The second kappa shape index (κ2) is 5.19. The molecule has 0 radical (unpaired) electrons. The number of aromatic nitrogens is 2. The molecular formula is C13H10BrFN2S2. The third-order valence-corrected chi connectivity index (χ3v) is 4.84. The van der Waals surface area contributed by atoms with Gasteiger partial charge in [-0.25, -0.2) is 4.39 Å². The molecule has 0 fully saturated rings. The Balaban J connectivity index is 2.00. The summed E-state index contributed by atoms with van der Waals surface area (Å²) in [6, 6.07) is 7.37.